The number of aldehydes is 1. The quantitative estimate of drug-likeness (QED) is 0.393. The number of aliphatic hydroxyl groups excluding tert-OH is 1. The average Bonchev–Trinajstić information content (AvgIpc) is 2.26. The molecule has 16 heavy (non-hydrogen) atoms. The van der Waals surface area contributed by atoms with Gasteiger partial charge in [0.05, 0.1) is 0 Å². The lowest BCUT2D eigenvalue weighted by atomic mass is 9.94. The van der Waals surface area contributed by atoms with Crippen LogP contribution in [0.4, 0.5) is 5.69 Å². The molecule has 0 aromatic heterocycles. The van der Waals surface area contributed by atoms with Crippen LogP contribution in [0.25, 0.3) is 0 Å². The lowest BCUT2D eigenvalue weighted by Gasteiger charge is -2.13. The lowest BCUT2D eigenvalue weighted by molar-refractivity contribution is -0.0447. The van der Waals surface area contributed by atoms with Crippen molar-refractivity contribution in [2.75, 3.05) is 5.73 Å². The summed E-state index contributed by atoms with van der Waals surface area (Å²) in [4.78, 5) is 10.9. The molecule has 4 heteroatoms. The van der Waals surface area contributed by atoms with Gasteiger partial charge in [-0.1, -0.05) is 6.92 Å². The Hall–Kier alpha value is -1.39. The van der Waals surface area contributed by atoms with E-state index in [9.17, 15) is 4.79 Å². The highest BCUT2D eigenvalue weighted by Crippen LogP contribution is 2.22. The zero-order valence-corrected chi connectivity index (χ0v) is 9.31. The first-order valence-corrected chi connectivity index (χ1v) is 5.31. The van der Waals surface area contributed by atoms with Gasteiger partial charge >= 0.3 is 0 Å². The highest BCUT2D eigenvalue weighted by Gasteiger charge is 2.11. The molecule has 0 fully saturated rings. The molecule has 1 aromatic rings. The minimum Gasteiger partial charge on any atom is -0.398 e. The second-order valence-electron chi connectivity index (χ2n) is 3.69. The van der Waals surface area contributed by atoms with Crippen LogP contribution in [-0.2, 0) is 12.8 Å². The Bertz CT molecular complexity index is 375. The maximum absolute atomic E-state index is 10.9. The second-order valence-corrected chi connectivity index (χ2v) is 3.69. The van der Waals surface area contributed by atoms with Crippen molar-refractivity contribution in [2.45, 2.75) is 32.5 Å². The number of benzene rings is 1. The summed E-state index contributed by atoms with van der Waals surface area (Å²) >= 11 is 0. The number of hydrogen-bond donors (Lipinski definition) is 3. The van der Waals surface area contributed by atoms with Crippen LogP contribution in [0, 0.1) is 0 Å². The molecule has 0 saturated carbocycles. The van der Waals surface area contributed by atoms with Gasteiger partial charge in [-0.2, -0.15) is 0 Å². The minimum atomic E-state index is -1.36. The summed E-state index contributed by atoms with van der Waals surface area (Å²) in [6, 6.07) is 3.38. The molecule has 0 heterocycles. The van der Waals surface area contributed by atoms with Crippen molar-refractivity contribution in [1.29, 1.82) is 0 Å². The van der Waals surface area contributed by atoms with Gasteiger partial charge < -0.3 is 15.9 Å². The van der Waals surface area contributed by atoms with E-state index in [1.807, 2.05) is 6.92 Å². The Morgan fingerprint density at radius 2 is 2.06 bits per heavy atom. The number of rotatable bonds is 5. The molecule has 1 aromatic carbocycles. The highest BCUT2D eigenvalue weighted by molar-refractivity contribution is 5.79. The molecular weight excluding hydrogens is 206 g/mol. The van der Waals surface area contributed by atoms with E-state index in [2.05, 4.69) is 0 Å². The molecule has 0 aliphatic rings. The average molecular weight is 223 g/mol. The van der Waals surface area contributed by atoms with Crippen LogP contribution in [0.1, 0.15) is 34.8 Å². The Morgan fingerprint density at radius 3 is 2.56 bits per heavy atom. The number of hydrogen-bond acceptors (Lipinski definition) is 4. The first kappa shape index (κ1) is 12.7. The molecule has 0 amide bonds. The number of anilines is 1. The van der Waals surface area contributed by atoms with Crippen LogP contribution in [-0.4, -0.2) is 22.8 Å². The van der Waals surface area contributed by atoms with E-state index in [4.69, 9.17) is 15.9 Å². The number of nitrogens with two attached hydrogens (primary N) is 1. The summed E-state index contributed by atoms with van der Waals surface area (Å²) in [7, 11) is 0. The van der Waals surface area contributed by atoms with E-state index in [0.717, 1.165) is 23.8 Å². The number of carbonyl (C=O) groups excluding carboxylic acids is 1. The number of carbonyl (C=O) groups is 1. The van der Waals surface area contributed by atoms with E-state index in [1.165, 1.54) is 0 Å². The van der Waals surface area contributed by atoms with Gasteiger partial charge in [0.1, 0.15) is 6.29 Å². The van der Waals surface area contributed by atoms with Crippen molar-refractivity contribution in [2.24, 2.45) is 0 Å². The smallest absolute Gasteiger partial charge is 0.151 e. The summed E-state index contributed by atoms with van der Waals surface area (Å²) in [6.07, 6.45) is 0.796. The Morgan fingerprint density at radius 1 is 1.38 bits per heavy atom. The van der Waals surface area contributed by atoms with Crippen molar-refractivity contribution in [3.05, 3.63) is 28.8 Å². The fourth-order valence-corrected chi connectivity index (χ4v) is 1.83. The molecule has 88 valence electrons. The van der Waals surface area contributed by atoms with Gasteiger partial charge in [0, 0.05) is 17.7 Å². The maximum atomic E-state index is 10.9. The summed E-state index contributed by atoms with van der Waals surface area (Å²) in [6.45, 7) is 1.96. The van der Waals surface area contributed by atoms with Crippen molar-refractivity contribution in [1.82, 2.24) is 0 Å². The van der Waals surface area contributed by atoms with Gasteiger partial charge in [0.15, 0.2) is 6.29 Å². The molecule has 0 bridgehead atoms. The molecule has 0 spiro atoms. The third-order valence-electron chi connectivity index (χ3n) is 2.64. The molecule has 0 aliphatic carbocycles. The molecular formula is C12H17NO3. The number of aliphatic hydroxyl groups is 2. The molecule has 0 aliphatic heterocycles. The van der Waals surface area contributed by atoms with Crippen LogP contribution in [0.3, 0.4) is 0 Å². The molecule has 1 rings (SSSR count). The standard InChI is InChI=1S/C12H17NO3/c1-2-9-10(4-6-12(15)16)8(7-14)3-5-11(9)13/h3,5,7,12,15-16H,2,4,6,13H2,1H3. The summed E-state index contributed by atoms with van der Waals surface area (Å²) in [5.41, 5.74) is 8.79. The summed E-state index contributed by atoms with van der Waals surface area (Å²) in [5.74, 6) is 0. The Balaban J connectivity index is 3.09. The summed E-state index contributed by atoms with van der Waals surface area (Å²) < 4.78 is 0. The predicted molar refractivity (Wildman–Crippen MR) is 62.2 cm³/mol. The van der Waals surface area contributed by atoms with E-state index in [1.54, 1.807) is 12.1 Å². The SMILES string of the molecule is CCc1c(N)ccc(C=O)c1CCC(O)O. The number of nitrogen functional groups attached to an aromatic ring is 1. The maximum Gasteiger partial charge on any atom is 0.151 e. The molecule has 4 N–H and O–H groups in total. The van der Waals surface area contributed by atoms with E-state index in [0.29, 0.717) is 17.7 Å². The van der Waals surface area contributed by atoms with Gasteiger partial charge in [0.25, 0.3) is 0 Å². The topological polar surface area (TPSA) is 83.6 Å². The minimum absolute atomic E-state index is 0.206. The van der Waals surface area contributed by atoms with Crippen LogP contribution in [0.15, 0.2) is 12.1 Å². The normalized spacial score (nSPS) is 10.8. The second kappa shape index (κ2) is 5.63. The molecule has 0 saturated heterocycles. The monoisotopic (exact) mass is 223 g/mol. The highest BCUT2D eigenvalue weighted by atomic mass is 16.5. The van der Waals surface area contributed by atoms with Gasteiger partial charge in [-0.15, -0.1) is 0 Å². The zero-order valence-electron chi connectivity index (χ0n) is 9.31. The third kappa shape index (κ3) is 2.81. The van der Waals surface area contributed by atoms with Crippen molar-refractivity contribution in [3.8, 4) is 0 Å². The predicted octanol–water partition coefficient (Wildman–Crippen LogP) is 0.887. The zero-order chi connectivity index (χ0) is 12.1. The van der Waals surface area contributed by atoms with Gasteiger partial charge in [-0.3, -0.25) is 4.79 Å². The van der Waals surface area contributed by atoms with Gasteiger partial charge in [-0.05, 0) is 36.1 Å². The van der Waals surface area contributed by atoms with Crippen molar-refractivity contribution < 1.29 is 15.0 Å². The van der Waals surface area contributed by atoms with Crippen LogP contribution in [0.5, 0.6) is 0 Å². The lowest BCUT2D eigenvalue weighted by Crippen LogP contribution is -2.09. The molecule has 0 atom stereocenters. The van der Waals surface area contributed by atoms with E-state index < -0.39 is 6.29 Å². The van der Waals surface area contributed by atoms with E-state index in [-0.39, 0.29) is 6.42 Å². The van der Waals surface area contributed by atoms with Crippen molar-refractivity contribution in [3.63, 3.8) is 0 Å². The first-order chi connectivity index (χ1) is 7.60. The largest absolute Gasteiger partial charge is 0.398 e. The van der Waals surface area contributed by atoms with E-state index >= 15 is 0 Å². The van der Waals surface area contributed by atoms with Gasteiger partial charge in [0.2, 0.25) is 0 Å². The third-order valence-corrected chi connectivity index (χ3v) is 2.64. The fraction of sp³-hybridized carbons (Fsp3) is 0.417. The Labute approximate surface area is 94.7 Å². The Kier molecular flexibility index (Phi) is 4.46. The van der Waals surface area contributed by atoms with Gasteiger partial charge in [-0.25, -0.2) is 0 Å². The van der Waals surface area contributed by atoms with Crippen LogP contribution >= 0.6 is 0 Å². The molecule has 4 nitrogen and oxygen atoms in total. The molecule has 0 radical (unpaired) electrons. The van der Waals surface area contributed by atoms with Crippen LogP contribution in [0.2, 0.25) is 0 Å². The first-order valence-electron chi connectivity index (χ1n) is 5.31. The van der Waals surface area contributed by atoms with Crippen LogP contribution < -0.4 is 5.73 Å². The summed E-state index contributed by atoms with van der Waals surface area (Å²) in [5, 5.41) is 17.7. The molecule has 0 unspecified atom stereocenters. The van der Waals surface area contributed by atoms with Crippen molar-refractivity contribution >= 4 is 12.0 Å². The fourth-order valence-electron chi connectivity index (χ4n) is 1.83.